The fourth-order valence-corrected chi connectivity index (χ4v) is 1.77. The first-order valence-electron chi connectivity index (χ1n) is 5.17. The molecule has 0 fully saturated rings. The predicted molar refractivity (Wildman–Crippen MR) is 59.1 cm³/mol. The molecule has 86 valence electrons. The highest BCUT2D eigenvalue weighted by Gasteiger charge is 2.18. The molecule has 1 unspecified atom stereocenters. The smallest absolute Gasteiger partial charge is 0.201 e. The molecule has 0 radical (unpaired) electrons. The zero-order valence-corrected chi connectivity index (χ0v) is 9.17. The molecule has 5 heteroatoms. The van der Waals surface area contributed by atoms with Crippen molar-refractivity contribution in [3.63, 3.8) is 0 Å². The zero-order chi connectivity index (χ0) is 11.9. The first-order valence-corrected chi connectivity index (χ1v) is 5.17. The molecule has 2 N–H and O–H groups in total. The van der Waals surface area contributed by atoms with E-state index in [9.17, 15) is 8.78 Å². The molecule has 0 spiro atoms. The lowest BCUT2D eigenvalue weighted by molar-refractivity contribution is 0.498. The number of nitrogen functional groups attached to an aromatic ring is 1. The van der Waals surface area contributed by atoms with Crippen molar-refractivity contribution in [2.75, 3.05) is 5.73 Å². The van der Waals surface area contributed by atoms with Gasteiger partial charge in [0.2, 0.25) is 5.95 Å². The van der Waals surface area contributed by atoms with Crippen molar-refractivity contribution in [3.05, 3.63) is 23.8 Å². The van der Waals surface area contributed by atoms with E-state index in [0.717, 1.165) is 12.5 Å². The van der Waals surface area contributed by atoms with E-state index >= 15 is 0 Å². The molecule has 0 aliphatic carbocycles. The highest BCUT2D eigenvalue weighted by atomic mass is 19.2. The largest absolute Gasteiger partial charge is 0.369 e. The lowest BCUT2D eigenvalue weighted by atomic mass is 10.2. The Hall–Kier alpha value is -1.65. The van der Waals surface area contributed by atoms with Gasteiger partial charge in [-0.2, -0.15) is 0 Å². The number of hydrogen-bond acceptors (Lipinski definition) is 2. The Morgan fingerprint density at radius 1 is 1.44 bits per heavy atom. The summed E-state index contributed by atoms with van der Waals surface area (Å²) in [5, 5.41) is 0. The summed E-state index contributed by atoms with van der Waals surface area (Å²) in [5.41, 5.74) is 6.24. The second-order valence-electron chi connectivity index (χ2n) is 3.83. The molecule has 1 atom stereocenters. The number of aromatic nitrogens is 2. The Bertz CT molecular complexity index is 533. The van der Waals surface area contributed by atoms with Crippen LogP contribution in [0.3, 0.4) is 0 Å². The van der Waals surface area contributed by atoms with Crippen LogP contribution in [0.15, 0.2) is 12.1 Å². The van der Waals surface area contributed by atoms with Crippen molar-refractivity contribution in [1.82, 2.24) is 9.55 Å². The number of halogens is 2. The lowest BCUT2D eigenvalue weighted by Crippen LogP contribution is -2.09. The van der Waals surface area contributed by atoms with Gasteiger partial charge in [-0.15, -0.1) is 0 Å². The summed E-state index contributed by atoms with van der Waals surface area (Å²) < 4.78 is 28.4. The van der Waals surface area contributed by atoms with Gasteiger partial charge < -0.3 is 10.3 Å². The highest BCUT2D eigenvalue weighted by Crippen LogP contribution is 2.27. The molecule has 3 nitrogen and oxygen atoms in total. The van der Waals surface area contributed by atoms with E-state index in [4.69, 9.17) is 5.73 Å². The van der Waals surface area contributed by atoms with Crippen LogP contribution in [-0.2, 0) is 0 Å². The van der Waals surface area contributed by atoms with E-state index < -0.39 is 11.6 Å². The molecule has 16 heavy (non-hydrogen) atoms. The van der Waals surface area contributed by atoms with Crippen molar-refractivity contribution in [2.24, 2.45) is 0 Å². The van der Waals surface area contributed by atoms with E-state index in [1.807, 2.05) is 13.8 Å². The van der Waals surface area contributed by atoms with Crippen LogP contribution in [-0.4, -0.2) is 9.55 Å². The van der Waals surface area contributed by atoms with Gasteiger partial charge in [0.25, 0.3) is 0 Å². The van der Waals surface area contributed by atoms with Crippen LogP contribution in [0.25, 0.3) is 11.0 Å². The summed E-state index contributed by atoms with van der Waals surface area (Å²) in [6, 6.07) is 2.48. The third-order valence-corrected chi connectivity index (χ3v) is 2.80. The highest BCUT2D eigenvalue weighted by molar-refractivity contribution is 5.79. The summed E-state index contributed by atoms with van der Waals surface area (Å²) in [5.74, 6) is -1.55. The Balaban J connectivity index is 2.81. The minimum atomic E-state index is -0.887. The molecule has 0 amide bonds. The first-order chi connectivity index (χ1) is 7.56. The lowest BCUT2D eigenvalue weighted by Gasteiger charge is -2.13. The average molecular weight is 225 g/mol. The number of nitrogens with two attached hydrogens (primary N) is 1. The van der Waals surface area contributed by atoms with Crippen molar-refractivity contribution in [1.29, 1.82) is 0 Å². The summed E-state index contributed by atoms with van der Waals surface area (Å²) in [4.78, 5) is 4.02. The Labute approximate surface area is 91.9 Å². The monoisotopic (exact) mass is 225 g/mol. The molecule has 0 bridgehead atoms. The van der Waals surface area contributed by atoms with Crippen molar-refractivity contribution >= 4 is 17.0 Å². The Morgan fingerprint density at radius 3 is 2.75 bits per heavy atom. The molecule has 1 aromatic heterocycles. The van der Waals surface area contributed by atoms with Gasteiger partial charge in [-0.1, -0.05) is 6.92 Å². The fourth-order valence-electron chi connectivity index (χ4n) is 1.77. The zero-order valence-electron chi connectivity index (χ0n) is 9.17. The third kappa shape index (κ3) is 1.43. The van der Waals surface area contributed by atoms with Crippen molar-refractivity contribution in [2.45, 2.75) is 26.3 Å². The summed E-state index contributed by atoms with van der Waals surface area (Å²) in [6.07, 6.45) is 0.769. The molecule has 0 aliphatic heterocycles. The quantitative estimate of drug-likeness (QED) is 0.854. The van der Waals surface area contributed by atoms with Crippen molar-refractivity contribution in [3.8, 4) is 0 Å². The van der Waals surface area contributed by atoms with Gasteiger partial charge >= 0.3 is 0 Å². The maximum atomic E-state index is 13.7. The molecular weight excluding hydrogens is 212 g/mol. The van der Waals surface area contributed by atoms with Crippen molar-refractivity contribution < 1.29 is 8.78 Å². The number of hydrogen-bond donors (Lipinski definition) is 1. The van der Waals surface area contributed by atoms with E-state index in [-0.39, 0.29) is 17.5 Å². The van der Waals surface area contributed by atoms with Gasteiger partial charge in [0.1, 0.15) is 5.52 Å². The first kappa shape index (κ1) is 10.9. The van der Waals surface area contributed by atoms with Crippen LogP contribution in [0.2, 0.25) is 0 Å². The van der Waals surface area contributed by atoms with E-state index in [0.29, 0.717) is 5.52 Å². The molecule has 1 aromatic carbocycles. The minimum absolute atomic E-state index is 0.0127. The second kappa shape index (κ2) is 3.73. The van der Waals surface area contributed by atoms with E-state index in [2.05, 4.69) is 4.98 Å². The maximum absolute atomic E-state index is 13.7. The third-order valence-electron chi connectivity index (χ3n) is 2.80. The van der Waals surface area contributed by atoms with Gasteiger partial charge in [-0.05, 0) is 25.5 Å². The normalized spacial score (nSPS) is 13.2. The minimum Gasteiger partial charge on any atom is -0.369 e. The van der Waals surface area contributed by atoms with E-state index in [1.54, 1.807) is 0 Å². The summed E-state index contributed by atoms with van der Waals surface area (Å²) in [7, 11) is 0. The van der Waals surface area contributed by atoms with Crippen LogP contribution in [0, 0.1) is 11.6 Å². The summed E-state index contributed by atoms with van der Waals surface area (Å²) in [6.45, 7) is 3.84. The average Bonchev–Trinajstić information content (AvgIpc) is 2.60. The predicted octanol–water partition coefficient (Wildman–Crippen LogP) is 2.87. The standard InChI is InChI=1S/C11H13F2N3/c1-3-6(2)16-10-8(15-11(16)14)5-4-7(12)9(10)13/h4-6H,3H2,1-2H3,(H2,14,15). The molecule has 0 saturated heterocycles. The molecule has 0 saturated carbocycles. The number of nitrogens with zero attached hydrogens (tertiary/aromatic N) is 2. The Kier molecular flexibility index (Phi) is 2.53. The van der Waals surface area contributed by atoms with Crippen LogP contribution in [0.4, 0.5) is 14.7 Å². The summed E-state index contributed by atoms with van der Waals surface area (Å²) >= 11 is 0. The number of fused-ring (bicyclic) bond motifs is 1. The number of anilines is 1. The Morgan fingerprint density at radius 2 is 2.12 bits per heavy atom. The maximum Gasteiger partial charge on any atom is 0.201 e. The van der Waals surface area contributed by atoms with Gasteiger partial charge in [0.15, 0.2) is 11.6 Å². The molecular formula is C11H13F2N3. The van der Waals surface area contributed by atoms with Gasteiger partial charge in [0.05, 0.1) is 5.52 Å². The van der Waals surface area contributed by atoms with Crippen LogP contribution < -0.4 is 5.73 Å². The number of rotatable bonds is 2. The second-order valence-corrected chi connectivity index (χ2v) is 3.83. The van der Waals surface area contributed by atoms with Gasteiger partial charge in [-0.3, -0.25) is 0 Å². The topological polar surface area (TPSA) is 43.8 Å². The van der Waals surface area contributed by atoms with Crippen LogP contribution >= 0.6 is 0 Å². The van der Waals surface area contributed by atoms with Crippen LogP contribution in [0.1, 0.15) is 26.3 Å². The van der Waals surface area contributed by atoms with E-state index in [1.165, 1.54) is 10.6 Å². The molecule has 2 rings (SSSR count). The molecule has 1 heterocycles. The number of benzene rings is 1. The van der Waals surface area contributed by atoms with Gasteiger partial charge in [-0.25, -0.2) is 13.8 Å². The fraction of sp³-hybridized carbons (Fsp3) is 0.364. The SMILES string of the molecule is CCC(C)n1c(N)nc2ccc(F)c(F)c21. The molecule has 0 aliphatic rings. The number of imidazole rings is 1. The molecule has 2 aromatic rings. The van der Waals surface area contributed by atoms with Gasteiger partial charge in [0, 0.05) is 6.04 Å². The van der Waals surface area contributed by atoms with Crippen LogP contribution in [0.5, 0.6) is 0 Å².